The zero-order chi connectivity index (χ0) is 19.1. The lowest BCUT2D eigenvalue weighted by Gasteiger charge is -2.36. The molecular weight excluding hydrogens is 469 g/mol. The number of nitrogens with one attached hydrogen (secondary N) is 2. The van der Waals surface area contributed by atoms with E-state index in [0.717, 1.165) is 43.7 Å². The largest absolute Gasteiger partial charge is 0.355 e. The Morgan fingerprint density at radius 3 is 2.50 bits per heavy atom. The van der Waals surface area contributed by atoms with Crippen LogP contribution in [0.4, 0.5) is 5.95 Å². The van der Waals surface area contributed by atoms with Crippen molar-refractivity contribution in [3.8, 4) is 0 Å². The van der Waals surface area contributed by atoms with Gasteiger partial charge in [0.2, 0.25) is 5.95 Å². The SMILES string of the molecule is CN=C(NCc1cccc(C(=O)NC)c1)N1CCN(c2ncccn2)CC1.I. The third kappa shape index (κ3) is 5.54. The van der Waals surface area contributed by atoms with E-state index in [4.69, 9.17) is 0 Å². The maximum absolute atomic E-state index is 11.8. The predicted molar refractivity (Wildman–Crippen MR) is 121 cm³/mol. The van der Waals surface area contributed by atoms with Crippen LogP contribution in [0.15, 0.2) is 47.7 Å². The van der Waals surface area contributed by atoms with E-state index in [1.807, 2.05) is 30.3 Å². The summed E-state index contributed by atoms with van der Waals surface area (Å²) < 4.78 is 0. The van der Waals surface area contributed by atoms with Crippen molar-refractivity contribution in [2.75, 3.05) is 45.2 Å². The lowest BCUT2D eigenvalue weighted by molar-refractivity contribution is 0.0963. The van der Waals surface area contributed by atoms with Crippen molar-refractivity contribution in [3.05, 3.63) is 53.9 Å². The number of benzene rings is 1. The number of carbonyl (C=O) groups excluding carboxylic acids is 1. The lowest BCUT2D eigenvalue weighted by atomic mass is 10.1. The topological polar surface area (TPSA) is 85.8 Å². The molecule has 0 unspecified atom stereocenters. The van der Waals surface area contributed by atoms with Crippen LogP contribution < -0.4 is 15.5 Å². The van der Waals surface area contributed by atoms with Gasteiger partial charge in [0.1, 0.15) is 0 Å². The number of hydrogen-bond acceptors (Lipinski definition) is 5. The van der Waals surface area contributed by atoms with Gasteiger partial charge >= 0.3 is 0 Å². The van der Waals surface area contributed by atoms with E-state index in [-0.39, 0.29) is 29.9 Å². The Labute approximate surface area is 182 Å². The van der Waals surface area contributed by atoms with Crippen molar-refractivity contribution in [2.24, 2.45) is 4.99 Å². The highest BCUT2D eigenvalue weighted by Gasteiger charge is 2.21. The number of nitrogens with zero attached hydrogens (tertiary/aromatic N) is 5. The molecule has 0 saturated carbocycles. The summed E-state index contributed by atoms with van der Waals surface area (Å²) in [5, 5.41) is 6.04. The summed E-state index contributed by atoms with van der Waals surface area (Å²) in [5.41, 5.74) is 1.69. The highest BCUT2D eigenvalue weighted by atomic mass is 127. The second-order valence-corrected chi connectivity index (χ2v) is 6.20. The Morgan fingerprint density at radius 2 is 1.86 bits per heavy atom. The fraction of sp³-hybridized carbons (Fsp3) is 0.368. The van der Waals surface area contributed by atoms with E-state index in [0.29, 0.717) is 12.1 Å². The number of piperazine rings is 1. The number of anilines is 1. The quantitative estimate of drug-likeness (QED) is 0.379. The Kier molecular flexibility index (Phi) is 8.42. The van der Waals surface area contributed by atoms with E-state index in [1.54, 1.807) is 26.5 Å². The summed E-state index contributed by atoms with van der Waals surface area (Å²) in [4.78, 5) is 29.2. The van der Waals surface area contributed by atoms with Gasteiger partial charge in [-0.15, -0.1) is 24.0 Å². The van der Waals surface area contributed by atoms with Gasteiger partial charge in [0, 0.05) is 64.8 Å². The summed E-state index contributed by atoms with van der Waals surface area (Å²) in [6, 6.07) is 9.41. The maximum atomic E-state index is 11.8. The second-order valence-electron chi connectivity index (χ2n) is 6.20. The molecule has 0 bridgehead atoms. The number of hydrogen-bond donors (Lipinski definition) is 2. The second kappa shape index (κ2) is 10.8. The number of guanidine groups is 1. The summed E-state index contributed by atoms with van der Waals surface area (Å²) in [7, 11) is 3.42. The fourth-order valence-electron chi connectivity index (χ4n) is 3.05. The Bertz CT molecular complexity index is 792. The van der Waals surface area contributed by atoms with Gasteiger partial charge in [-0.1, -0.05) is 12.1 Å². The van der Waals surface area contributed by atoms with Crippen LogP contribution >= 0.6 is 24.0 Å². The molecule has 1 aliphatic rings. The molecule has 0 radical (unpaired) electrons. The molecule has 3 rings (SSSR count). The van der Waals surface area contributed by atoms with Gasteiger partial charge in [-0.25, -0.2) is 9.97 Å². The Hall–Kier alpha value is -2.43. The number of carbonyl (C=O) groups is 1. The summed E-state index contributed by atoms with van der Waals surface area (Å²) in [6.07, 6.45) is 3.53. The molecule has 0 atom stereocenters. The molecule has 150 valence electrons. The van der Waals surface area contributed by atoms with Crippen LogP contribution in [0.1, 0.15) is 15.9 Å². The molecule has 2 aromatic rings. The Morgan fingerprint density at radius 1 is 1.14 bits per heavy atom. The first-order valence-corrected chi connectivity index (χ1v) is 9.00. The average Bonchev–Trinajstić information content (AvgIpc) is 2.75. The zero-order valence-corrected chi connectivity index (χ0v) is 18.5. The van der Waals surface area contributed by atoms with Crippen molar-refractivity contribution in [1.29, 1.82) is 0 Å². The van der Waals surface area contributed by atoms with Crippen molar-refractivity contribution < 1.29 is 4.79 Å². The van der Waals surface area contributed by atoms with Gasteiger partial charge in [-0.3, -0.25) is 9.79 Å². The minimum atomic E-state index is -0.0829. The number of aliphatic imine (C=N–C) groups is 1. The molecule has 9 heteroatoms. The molecule has 2 heterocycles. The monoisotopic (exact) mass is 495 g/mol. The lowest BCUT2D eigenvalue weighted by Crippen LogP contribution is -2.52. The van der Waals surface area contributed by atoms with Crippen LogP contribution in [0, 0.1) is 0 Å². The molecule has 1 fully saturated rings. The van der Waals surface area contributed by atoms with Crippen LogP contribution in [0.25, 0.3) is 0 Å². The molecule has 28 heavy (non-hydrogen) atoms. The molecule has 0 aliphatic carbocycles. The van der Waals surface area contributed by atoms with Crippen LogP contribution in [0.3, 0.4) is 0 Å². The van der Waals surface area contributed by atoms with Gasteiger partial charge in [-0.05, 0) is 23.8 Å². The molecule has 1 aromatic heterocycles. The van der Waals surface area contributed by atoms with E-state index in [2.05, 4.69) is 35.4 Å². The molecule has 0 spiro atoms. The van der Waals surface area contributed by atoms with Gasteiger partial charge in [-0.2, -0.15) is 0 Å². The number of amides is 1. The van der Waals surface area contributed by atoms with Crippen LogP contribution in [0.2, 0.25) is 0 Å². The summed E-state index contributed by atoms with van der Waals surface area (Å²) in [5.74, 6) is 1.54. The van der Waals surface area contributed by atoms with E-state index < -0.39 is 0 Å². The van der Waals surface area contributed by atoms with Gasteiger partial charge in [0.05, 0.1) is 0 Å². The van der Waals surface area contributed by atoms with Crippen molar-refractivity contribution in [2.45, 2.75) is 6.54 Å². The molecule has 1 saturated heterocycles. The number of halogens is 1. The Balaban J connectivity index is 0.00000280. The fourth-order valence-corrected chi connectivity index (χ4v) is 3.05. The molecule has 1 aliphatic heterocycles. The van der Waals surface area contributed by atoms with E-state index in [9.17, 15) is 4.79 Å². The molecule has 1 aromatic carbocycles. The van der Waals surface area contributed by atoms with Crippen LogP contribution in [-0.2, 0) is 6.54 Å². The van der Waals surface area contributed by atoms with Crippen LogP contribution in [0.5, 0.6) is 0 Å². The molecular formula is C19H26IN7O. The van der Waals surface area contributed by atoms with E-state index in [1.165, 1.54) is 0 Å². The minimum absolute atomic E-state index is 0. The first-order chi connectivity index (χ1) is 13.2. The van der Waals surface area contributed by atoms with Crippen molar-refractivity contribution in [3.63, 3.8) is 0 Å². The normalized spacial score (nSPS) is 14.3. The van der Waals surface area contributed by atoms with Gasteiger partial charge < -0.3 is 20.4 Å². The van der Waals surface area contributed by atoms with Crippen LogP contribution in [-0.4, -0.2) is 67.0 Å². The summed E-state index contributed by atoms with van der Waals surface area (Å²) in [6.45, 7) is 3.99. The molecule has 2 N–H and O–H groups in total. The molecule has 8 nitrogen and oxygen atoms in total. The highest BCUT2D eigenvalue weighted by Crippen LogP contribution is 2.10. The van der Waals surface area contributed by atoms with E-state index >= 15 is 0 Å². The van der Waals surface area contributed by atoms with Crippen molar-refractivity contribution in [1.82, 2.24) is 25.5 Å². The first kappa shape index (κ1) is 21.9. The standard InChI is InChI=1S/C19H25N7O.HI/c1-20-17(27)16-6-3-5-15(13-16)14-24-18(21-2)25-9-11-26(12-10-25)19-22-7-4-8-23-19;/h3-8,13H,9-12,14H2,1-2H3,(H,20,27)(H,21,24);1H. The number of rotatable bonds is 4. The summed E-state index contributed by atoms with van der Waals surface area (Å²) >= 11 is 0. The van der Waals surface area contributed by atoms with Crippen molar-refractivity contribution >= 4 is 41.8 Å². The highest BCUT2D eigenvalue weighted by molar-refractivity contribution is 14.0. The smallest absolute Gasteiger partial charge is 0.251 e. The number of aromatic nitrogens is 2. The average molecular weight is 495 g/mol. The first-order valence-electron chi connectivity index (χ1n) is 9.00. The molecule has 1 amide bonds. The maximum Gasteiger partial charge on any atom is 0.251 e. The predicted octanol–water partition coefficient (Wildman–Crippen LogP) is 1.35. The van der Waals surface area contributed by atoms with Gasteiger partial charge in [0.15, 0.2) is 5.96 Å². The van der Waals surface area contributed by atoms with Gasteiger partial charge in [0.25, 0.3) is 5.91 Å². The zero-order valence-electron chi connectivity index (χ0n) is 16.1. The minimum Gasteiger partial charge on any atom is -0.355 e. The third-order valence-corrected chi connectivity index (χ3v) is 4.49. The third-order valence-electron chi connectivity index (χ3n) is 4.49.